The second-order valence-electron chi connectivity index (χ2n) is 7.08. The van der Waals surface area contributed by atoms with Gasteiger partial charge in [0.25, 0.3) is 5.95 Å². The second-order valence-corrected chi connectivity index (χ2v) is 7.08. The molecule has 1 aromatic heterocycles. The van der Waals surface area contributed by atoms with Gasteiger partial charge in [-0.1, -0.05) is 60.7 Å². The fraction of sp³-hybridized carbons (Fsp3) is 0.304. The summed E-state index contributed by atoms with van der Waals surface area (Å²) in [6.07, 6.45) is 3.26. The maximum atomic E-state index is 12.3. The quantitative estimate of drug-likeness (QED) is 0.378. The summed E-state index contributed by atoms with van der Waals surface area (Å²) in [6, 6.07) is 20.2. The first kappa shape index (κ1) is 22.3. The van der Waals surface area contributed by atoms with Crippen LogP contribution in [0.5, 0.6) is 0 Å². The molecule has 8 nitrogen and oxygen atoms in total. The maximum Gasteiger partial charge on any atom is 0.352 e. The van der Waals surface area contributed by atoms with Crippen LogP contribution in [0.15, 0.2) is 76.8 Å². The molecule has 1 atom stereocenters. The van der Waals surface area contributed by atoms with Crippen molar-refractivity contribution in [3.8, 4) is 0 Å². The zero-order valence-electron chi connectivity index (χ0n) is 17.5. The number of methoxy groups -OCH3 is 1. The number of aromatic nitrogens is 3. The third-order valence-electron chi connectivity index (χ3n) is 4.78. The average Bonchev–Trinajstić information content (AvgIpc) is 2.80. The van der Waals surface area contributed by atoms with Crippen molar-refractivity contribution in [3.63, 3.8) is 0 Å². The monoisotopic (exact) mass is 421 g/mol. The van der Waals surface area contributed by atoms with Crippen LogP contribution in [0.25, 0.3) is 0 Å². The van der Waals surface area contributed by atoms with Crippen LogP contribution < -0.4 is 5.69 Å². The van der Waals surface area contributed by atoms with E-state index in [-0.39, 0.29) is 18.7 Å². The summed E-state index contributed by atoms with van der Waals surface area (Å²) in [7, 11) is 1.52. The van der Waals surface area contributed by atoms with E-state index in [1.165, 1.54) is 18.0 Å². The lowest BCUT2D eigenvalue weighted by atomic mass is 10.2. The van der Waals surface area contributed by atoms with Gasteiger partial charge in [-0.25, -0.2) is 14.8 Å². The molecule has 8 heteroatoms. The number of ether oxygens (including phenoxy) is 1. The number of hydrogen-bond donors (Lipinski definition) is 1. The van der Waals surface area contributed by atoms with Gasteiger partial charge in [0.05, 0.1) is 19.0 Å². The number of aliphatic imine (C=N–C) groups is 1. The Labute approximate surface area is 181 Å². The third kappa shape index (κ3) is 7.13. The Kier molecular flexibility index (Phi) is 8.45. The molecular formula is C23H27N5O3. The molecule has 1 unspecified atom stereocenters. The van der Waals surface area contributed by atoms with E-state index < -0.39 is 5.69 Å². The van der Waals surface area contributed by atoms with Gasteiger partial charge in [-0.3, -0.25) is 4.57 Å². The SMILES string of the molecule is COC(CO)CCn1cnc(/N=C\N(Cc2ccccc2)Cc2ccccc2)nc1=O. The summed E-state index contributed by atoms with van der Waals surface area (Å²) in [4.78, 5) is 26.8. The van der Waals surface area contributed by atoms with Gasteiger partial charge in [0, 0.05) is 26.7 Å². The lowest BCUT2D eigenvalue weighted by Crippen LogP contribution is -2.26. The van der Waals surface area contributed by atoms with Gasteiger partial charge in [-0.05, 0) is 17.5 Å². The fourth-order valence-corrected chi connectivity index (χ4v) is 3.04. The lowest BCUT2D eigenvalue weighted by Gasteiger charge is -2.19. The normalized spacial score (nSPS) is 12.2. The molecule has 3 aromatic rings. The van der Waals surface area contributed by atoms with E-state index in [0.29, 0.717) is 26.1 Å². The number of rotatable bonds is 11. The van der Waals surface area contributed by atoms with E-state index in [4.69, 9.17) is 4.74 Å². The molecule has 0 aliphatic heterocycles. The summed E-state index contributed by atoms with van der Waals surface area (Å²) in [5, 5.41) is 9.18. The largest absolute Gasteiger partial charge is 0.394 e. The van der Waals surface area contributed by atoms with E-state index in [2.05, 4.69) is 39.2 Å². The van der Waals surface area contributed by atoms with Crippen LogP contribution in [0, 0.1) is 0 Å². The predicted molar refractivity (Wildman–Crippen MR) is 119 cm³/mol. The molecule has 0 radical (unpaired) electrons. The van der Waals surface area contributed by atoms with Gasteiger partial charge >= 0.3 is 5.69 Å². The van der Waals surface area contributed by atoms with Crippen molar-refractivity contribution in [3.05, 3.63) is 88.6 Å². The highest BCUT2D eigenvalue weighted by Crippen LogP contribution is 2.09. The topological polar surface area (TPSA) is 92.8 Å². The predicted octanol–water partition coefficient (Wildman–Crippen LogP) is 2.40. The van der Waals surface area contributed by atoms with E-state index in [9.17, 15) is 9.90 Å². The number of benzene rings is 2. The molecule has 0 bridgehead atoms. The Bertz CT molecular complexity index is 963. The summed E-state index contributed by atoms with van der Waals surface area (Å²) >= 11 is 0. The second kappa shape index (κ2) is 11.7. The molecule has 31 heavy (non-hydrogen) atoms. The van der Waals surface area contributed by atoms with Crippen molar-refractivity contribution in [1.29, 1.82) is 0 Å². The minimum absolute atomic E-state index is 0.104. The molecule has 0 saturated carbocycles. The van der Waals surface area contributed by atoms with Crippen LogP contribution in [-0.2, 0) is 24.4 Å². The van der Waals surface area contributed by atoms with Gasteiger partial charge in [-0.15, -0.1) is 0 Å². The number of aryl methyl sites for hydroxylation is 1. The van der Waals surface area contributed by atoms with Crippen molar-refractivity contribution in [2.24, 2.45) is 4.99 Å². The van der Waals surface area contributed by atoms with Crippen LogP contribution in [0.3, 0.4) is 0 Å². The molecule has 0 spiro atoms. The first-order chi connectivity index (χ1) is 15.2. The zero-order valence-corrected chi connectivity index (χ0v) is 17.5. The van der Waals surface area contributed by atoms with Crippen LogP contribution in [-0.4, -0.2) is 50.7 Å². The van der Waals surface area contributed by atoms with Gasteiger partial charge in [0.15, 0.2) is 0 Å². The van der Waals surface area contributed by atoms with Crippen molar-refractivity contribution in [1.82, 2.24) is 19.4 Å². The highest BCUT2D eigenvalue weighted by atomic mass is 16.5. The zero-order chi connectivity index (χ0) is 21.9. The Balaban J connectivity index is 1.71. The Morgan fingerprint density at radius 1 is 1.10 bits per heavy atom. The Morgan fingerprint density at radius 2 is 1.71 bits per heavy atom. The van der Waals surface area contributed by atoms with Crippen molar-refractivity contribution >= 4 is 12.3 Å². The smallest absolute Gasteiger partial charge is 0.352 e. The summed E-state index contributed by atoms with van der Waals surface area (Å²) in [5.74, 6) is 0.109. The minimum atomic E-state index is -0.437. The summed E-state index contributed by atoms with van der Waals surface area (Å²) in [5.41, 5.74) is 1.86. The maximum absolute atomic E-state index is 12.3. The van der Waals surface area contributed by atoms with Gasteiger partial charge in [0.2, 0.25) is 0 Å². The Morgan fingerprint density at radius 3 is 2.23 bits per heavy atom. The highest BCUT2D eigenvalue weighted by Gasteiger charge is 2.08. The molecular weight excluding hydrogens is 394 g/mol. The molecule has 162 valence electrons. The first-order valence-corrected chi connectivity index (χ1v) is 10.1. The van der Waals surface area contributed by atoms with Crippen molar-refractivity contribution in [2.75, 3.05) is 13.7 Å². The number of aliphatic hydroxyl groups is 1. The third-order valence-corrected chi connectivity index (χ3v) is 4.78. The van der Waals surface area contributed by atoms with Crippen LogP contribution in [0.4, 0.5) is 5.95 Å². The lowest BCUT2D eigenvalue weighted by molar-refractivity contribution is 0.0400. The molecule has 1 heterocycles. The standard InChI is InChI=1S/C23H27N5O3/c1-31-21(16-29)12-13-28-18-25-22(26-23(28)30)24-17-27(14-19-8-4-2-5-9-19)15-20-10-6-3-7-11-20/h2-11,17-18,21,29H,12-16H2,1H3/b24-17-. The van der Waals surface area contributed by atoms with Gasteiger partial charge in [-0.2, -0.15) is 4.98 Å². The molecule has 0 aliphatic carbocycles. The average molecular weight is 422 g/mol. The fourth-order valence-electron chi connectivity index (χ4n) is 3.04. The van der Waals surface area contributed by atoms with E-state index >= 15 is 0 Å². The minimum Gasteiger partial charge on any atom is -0.394 e. The number of aliphatic hydroxyl groups excluding tert-OH is 1. The number of hydrogen-bond acceptors (Lipinski definition) is 6. The van der Waals surface area contributed by atoms with E-state index in [1.807, 2.05) is 41.3 Å². The Hall–Kier alpha value is -3.36. The van der Waals surface area contributed by atoms with Crippen LogP contribution in [0.2, 0.25) is 0 Å². The molecule has 0 saturated heterocycles. The van der Waals surface area contributed by atoms with E-state index in [0.717, 1.165) is 11.1 Å². The molecule has 1 N–H and O–H groups in total. The summed E-state index contributed by atoms with van der Waals surface area (Å²) in [6.45, 7) is 1.58. The van der Waals surface area contributed by atoms with Crippen LogP contribution >= 0.6 is 0 Å². The number of nitrogens with zero attached hydrogens (tertiary/aromatic N) is 5. The summed E-state index contributed by atoms with van der Waals surface area (Å²) < 4.78 is 6.49. The molecule has 3 rings (SSSR count). The molecule has 0 aliphatic rings. The van der Waals surface area contributed by atoms with Gasteiger partial charge < -0.3 is 14.7 Å². The van der Waals surface area contributed by atoms with Crippen LogP contribution in [0.1, 0.15) is 17.5 Å². The molecule has 0 amide bonds. The van der Waals surface area contributed by atoms with Gasteiger partial charge in [0.1, 0.15) is 6.33 Å². The van der Waals surface area contributed by atoms with E-state index in [1.54, 1.807) is 6.34 Å². The molecule has 0 fully saturated rings. The van der Waals surface area contributed by atoms with Crippen molar-refractivity contribution < 1.29 is 9.84 Å². The van der Waals surface area contributed by atoms with Crippen molar-refractivity contribution in [2.45, 2.75) is 32.2 Å². The first-order valence-electron chi connectivity index (χ1n) is 10.1. The highest BCUT2D eigenvalue weighted by molar-refractivity contribution is 5.58. The molecule has 2 aromatic carbocycles.